The van der Waals surface area contributed by atoms with Gasteiger partial charge < -0.3 is 29.2 Å². The maximum Gasteiger partial charge on any atom is 0.161 e. The number of unbranched alkanes of at least 4 members (excludes halogenated alkanes) is 12. The van der Waals surface area contributed by atoms with Gasteiger partial charge in [0.15, 0.2) is 34.5 Å². The van der Waals surface area contributed by atoms with Crippen LogP contribution in [0.1, 0.15) is 130 Å². The Hall–Kier alpha value is -3.54. The van der Waals surface area contributed by atoms with Crippen molar-refractivity contribution in [2.24, 2.45) is 0 Å². The van der Waals surface area contributed by atoms with Crippen LogP contribution in [0.25, 0.3) is 32.3 Å². The maximum absolute atomic E-state index is 11.2. The fourth-order valence-corrected chi connectivity index (χ4v) is 6.33. The van der Waals surface area contributed by atoms with Gasteiger partial charge in [0.1, 0.15) is 0 Å². The van der Waals surface area contributed by atoms with E-state index in [1.807, 2.05) is 24.3 Å². The molecule has 2 N–H and O–H groups in total. The molecule has 6 nitrogen and oxygen atoms in total. The van der Waals surface area contributed by atoms with Crippen molar-refractivity contribution in [3.05, 3.63) is 36.4 Å². The van der Waals surface area contributed by atoms with E-state index in [2.05, 4.69) is 39.8 Å². The quantitative estimate of drug-likeness (QED) is 0.0575. The SMILES string of the molecule is CCCCCCOc1cc2c(cc1O)c1cc(OCCCCCC)c(OCCCCCC)cc1c1cc(O)c(OCCCCCC)cc12. The minimum atomic E-state index is 0.114. The third-order valence-corrected chi connectivity index (χ3v) is 9.17. The largest absolute Gasteiger partial charge is 0.504 e. The molecule has 0 aliphatic carbocycles. The first-order chi connectivity index (χ1) is 23.5. The second-order valence-corrected chi connectivity index (χ2v) is 13.2. The number of ether oxygens (including phenoxy) is 4. The van der Waals surface area contributed by atoms with Gasteiger partial charge in [-0.1, -0.05) is 105 Å². The molecule has 0 aliphatic heterocycles. The lowest BCUT2D eigenvalue weighted by molar-refractivity contribution is 0.259. The molecular weight excluding hydrogens is 600 g/mol. The number of rotatable bonds is 24. The second-order valence-electron chi connectivity index (χ2n) is 13.2. The van der Waals surface area contributed by atoms with Crippen LogP contribution in [-0.2, 0) is 0 Å². The molecule has 264 valence electrons. The average molecular weight is 661 g/mol. The minimum absolute atomic E-state index is 0.114. The van der Waals surface area contributed by atoms with E-state index in [1.165, 1.54) is 38.5 Å². The summed E-state index contributed by atoms with van der Waals surface area (Å²) in [7, 11) is 0. The smallest absolute Gasteiger partial charge is 0.161 e. The zero-order valence-corrected chi connectivity index (χ0v) is 30.1. The third kappa shape index (κ3) is 10.2. The van der Waals surface area contributed by atoms with E-state index < -0.39 is 0 Å². The summed E-state index contributed by atoms with van der Waals surface area (Å²) in [5, 5.41) is 27.9. The normalized spacial score (nSPS) is 11.5. The van der Waals surface area contributed by atoms with Crippen molar-refractivity contribution in [3.8, 4) is 34.5 Å². The molecule has 48 heavy (non-hydrogen) atoms. The van der Waals surface area contributed by atoms with E-state index in [0.29, 0.717) is 49.4 Å². The summed E-state index contributed by atoms with van der Waals surface area (Å²) in [6.07, 6.45) is 17.7. The summed E-state index contributed by atoms with van der Waals surface area (Å²) in [4.78, 5) is 0. The van der Waals surface area contributed by atoms with Crippen molar-refractivity contribution < 1.29 is 29.2 Å². The summed E-state index contributed by atoms with van der Waals surface area (Å²) in [6.45, 7) is 11.1. The molecule has 4 aromatic carbocycles. The molecule has 0 unspecified atom stereocenters. The highest BCUT2D eigenvalue weighted by molar-refractivity contribution is 6.26. The molecule has 0 spiro atoms. The molecule has 0 aliphatic rings. The van der Waals surface area contributed by atoms with Gasteiger partial charge in [-0.05, 0) is 94.4 Å². The molecule has 0 heterocycles. The number of hydrogen-bond acceptors (Lipinski definition) is 6. The molecule has 4 rings (SSSR count). The lowest BCUT2D eigenvalue weighted by Crippen LogP contribution is -2.03. The van der Waals surface area contributed by atoms with Gasteiger partial charge in [-0.3, -0.25) is 0 Å². The Bertz CT molecular complexity index is 1430. The van der Waals surface area contributed by atoms with Crippen molar-refractivity contribution >= 4 is 32.3 Å². The molecule has 0 bridgehead atoms. The first kappa shape index (κ1) is 37.3. The summed E-state index contributed by atoms with van der Waals surface area (Å²) in [5.41, 5.74) is 0. The molecule has 0 saturated heterocycles. The Morgan fingerprint density at radius 3 is 0.875 bits per heavy atom. The Morgan fingerprint density at radius 2 is 0.583 bits per heavy atom. The zero-order valence-electron chi connectivity index (χ0n) is 30.1. The van der Waals surface area contributed by atoms with Crippen LogP contribution in [-0.4, -0.2) is 36.6 Å². The van der Waals surface area contributed by atoms with E-state index in [9.17, 15) is 10.2 Å². The second kappa shape index (κ2) is 20.1. The topological polar surface area (TPSA) is 77.4 Å². The number of phenols is 2. The Kier molecular flexibility index (Phi) is 15.6. The molecule has 0 amide bonds. The first-order valence-corrected chi connectivity index (χ1v) is 19.0. The van der Waals surface area contributed by atoms with Gasteiger partial charge in [0.2, 0.25) is 0 Å². The first-order valence-electron chi connectivity index (χ1n) is 19.0. The summed E-state index contributed by atoms with van der Waals surface area (Å²) < 4.78 is 25.1. The van der Waals surface area contributed by atoms with Crippen LogP contribution in [0.15, 0.2) is 36.4 Å². The fourth-order valence-electron chi connectivity index (χ4n) is 6.33. The number of benzene rings is 4. The molecule has 0 fully saturated rings. The van der Waals surface area contributed by atoms with Crippen LogP contribution in [0.3, 0.4) is 0 Å². The van der Waals surface area contributed by atoms with Gasteiger partial charge in [-0.2, -0.15) is 0 Å². The van der Waals surface area contributed by atoms with E-state index in [4.69, 9.17) is 18.9 Å². The van der Waals surface area contributed by atoms with Gasteiger partial charge in [0.25, 0.3) is 0 Å². The molecular formula is C42H60O6. The molecule has 4 aromatic rings. The van der Waals surface area contributed by atoms with Crippen LogP contribution in [0.2, 0.25) is 0 Å². The Labute approximate surface area is 288 Å². The Balaban J connectivity index is 1.83. The van der Waals surface area contributed by atoms with Crippen LogP contribution in [0.4, 0.5) is 0 Å². The number of phenolic OH excluding ortho intramolecular Hbond substituents is 2. The van der Waals surface area contributed by atoms with Crippen molar-refractivity contribution in [1.82, 2.24) is 0 Å². The Morgan fingerprint density at radius 1 is 0.333 bits per heavy atom. The molecule has 0 radical (unpaired) electrons. The molecule has 0 aromatic heterocycles. The maximum atomic E-state index is 11.2. The van der Waals surface area contributed by atoms with E-state index in [1.54, 1.807) is 0 Å². The minimum Gasteiger partial charge on any atom is -0.504 e. The van der Waals surface area contributed by atoms with Crippen LogP contribution < -0.4 is 18.9 Å². The van der Waals surface area contributed by atoms with Gasteiger partial charge in [-0.15, -0.1) is 0 Å². The van der Waals surface area contributed by atoms with Gasteiger partial charge >= 0.3 is 0 Å². The lowest BCUT2D eigenvalue weighted by atomic mass is 9.93. The standard InChI is InChI=1S/C42H60O6/c1-5-9-13-17-21-45-39-27-33-31(25-37(39)43)35-29-41(47-23-19-15-11-7-3)42(48-24-20-16-12-8-4)30-36(35)32-26-38(44)40(28-34(32)33)46-22-18-14-10-6-2/h25-30,43-44H,5-24H2,1-4H3. The fraction of sp³-hybridized carbons (Fsp3) is 0.571. The van der Waals surface area contributed by atoms with E-state index >= 15 is 0 Å². The van der Waals surface area contributed by atoms with Crippen molar-refractivity contribution in [2.75, 3.05) is 26.4 Å². The van der Waals surface area contributed by atoms with Gasteiger partial charge in [0.05, 0.1) is 26.4 Å². The van der Waals surface area contributed by atoms with Crippen LogP contribution in [0.5, 0.6) is 34.5 Å². The molecule has 0 atom stereocenters. The van der Waals surface area contributed by atoms with Crippen molar-refractivity contribution in [2.45, 2.75) is 130 Å². The van der Waals surface area contributed by atoms with E-state index in [0.717, 1.165) is 96.5 Å². The highest BCUT2D eigenvalue weighted by Gasteiger charge is 2.19. The van der Waals surface area contributed by atoms with Crippen LogP contribution >= 0.6 is 0 Å². The highest BCUT2D eigenvalue weighted by atomic mass is 16.5. The number of aromatic hydroxyl groups is 2. The predicted octanol–water partition coefficient (Wildman–Crippen LogP) is 12.4. The van der Waals surface area contributed by atoms with Gasteiger partial charge in [0, 0.05) is 0 Å². The van der Waals surface area contributed by atoms with E-state index in [-0.39, 0.29) is 11.5 Å². The zero-order chi connectivity index (χ0) is 34.1. The molecule has 6 heteroatoms. The summed E-state index contributed by atoms with van der Waals surface area (Å²) in [5.74, 6) is 2.58. The average Bonchev–Trinajstić information content (AvgIpc) is 3.08. The van der Waals surface area contributed by atoms with Gasteiger partial charge in [-0.25, -0.2) is 0 Å². The third-order valence-electron chi connectivity index (χ3n) is 9.17. The lowest BCUT2D eigenvalue weighted by Gasteiger charge is -2.19. The predicted molar refractivity (Wildman–Crippen MR) is 201 cm³/mol. The number of fused-ring (bicyclic) bond motifs is 6. The molecule has 0 saturated carbocycles. The number of hydrogen-bond donors (Lipinski definition) is 2. The van der Waals surface area contributed by atoms with Crippen LogP contribution in [0, 0.1) is 0 Å². The summed E-state index contributed by atoms with van der Waals surface area (Å²) >= 11 is 0. The van der Waals surface area contributed by atoms with Crippen molar-refractivity contribution in [1.29, 1.82) is 0 Å². The highest BCUT2D eigenvalue weighted by Crippen LogP contribution is 2.46. The monoisotopic (exact) mass is 660 g/mol. The summed E-state index contributed by atoms with van der Waals surface area (Å²) in [6, 6.07) is 11.6. The van der Waals surface area contributed by atoms with Crippen molar-refractivity contribution in [3.63, 3.8) is 0 Å².